The molecule has 3 heterocycles. The summed E-state index contributed by atoms with van der Waals surface area (Å²) in [6.07, 6.45) is 2.26. The van der Waals surface area contributed by atoms with Crippen molar-refractivity contribution >= 4 is 29.3 Å². The number of carbonyl (C=O) groups excluding carboxylic acids is 4. The highest BCUT2D eigenvalue weighted by Crippen LogP contribution is 2.32. The first-order valence-electron chi connectivity index (χ1n) is 10.00. The molecule has 2 aromatic rings. The summed E-state index contributed by atoms with van der Waals surface area (Å²) in [4.78, 5) is 50.7. The fraction of sp³-hybridized carbons (Fsp3) is 0.381. The molecule has 1 fully saturated rings. The van der Waals surface area contributed by atoms with Crippen LogP contribution >= 0.6 is 0 Å². The second kappa shape index (κ2) is 7.74. The van der Waals surface area contributed by atoms with Crippen LogP contribution < -0.4 is 10.6 Å². The van der Waals surface area contributed by atoms with Gasteiger partial charge in [0.15, 0.2) is 5.69 Å². The molecule has 2 N–H and O–H groups in total. The monoisotopic (exact) mass is 409 g/mol. The quantitative estimate of drug-likeness (QED) is 0.725. The van der Waals surface area contributed by atoms with E-state index in [-0.39, 0.29) is 30.7 Å². The molecule has 1 aromatic carbocycles. The Morgan fingerprint density at radius 1 is 1.30 bits per heavy atom. The van der Waals surface area contributed by atoms with Crippen molar-refractivity contribution in [2.45, 2.75) is 45.2 Å². The van der Waals surface area contributed by atoms with E-state index in [9.17, 15) is 19.2 Å². The van der Waals surface area contributed by atoms with Crippen LogP contribution in [0.4, 0.5) is 5.69 Å². The lowest BCUT2D eigenvalue weighted by Crippen LogP contribution is -2.52. The molecule has 0 bridgehead atoms. The summed E-state index contributed by atoms with van der Waals surface area (Å²) in [6.45, 7) is 2.26. The number of piperidine rings is 1. The molecule has 156 valence electrons. The van der Waals surface area contributed by atoms with Crippen molar-refractivity contribution in [3.8, 4) is 0 Å². The van der Waals surface area contributed by atoms with Crippen molar-refractivity contribution in [1.29, 1.82) is 0 Å². The van der Waals surface area contributed by atoms with Crippen molar-refractivity contribution in [1.82, 2.24) is 20.0 Å². The summed E-state index contributed by atoms with van der Waals surface area (Å²) in [7, 11) is 1.80. The van der Waals surface area contributed by atoms with Gasteiger partial charge in [-0.2, -0.15) is 5.10 Å². The second-order valence-electron chi connectivity index (χ2n) is 7.58. The molecule has 9 nitrogen and oxygen atoms in total. The van der Waals surface area contributed by atoms with E-state index < -0.39 is 11.9 Å². The van der Waals surface area contributed by atoms with Gasteiger partial charge in [-0.1, -0.05) is 19.4 Å². The zero-order chi connectivity index (χ0) is 21.4. The van der Waals surface area contributed by atoms with E-state index in [0.717, 1.165) is 18.5 Å². The van der Waals surface area contributed by atoms with Gasteiger partial charge in [0.05, 0.1) is 0 Å². The van der Waals surface area contributed by atoms with Crippen LogP contribution in [0.15, 0.2) is 24.3 Å². The fourth-order valence-corrected chi connectivity index (χ4v) is 4.00. The molecule has 0 spiro atoms. The third-order valence-corrected chi connectivity index (χ3v) is 5.55. The van der Waals surface area contributed by atoms with Crippen molar-refractivity contribution in [3.05, 3.63) is 46.8 Å². The van der Waals surface area contributed by atoms with Gasteiger partial charge < -0.3 is 10.2 Å². The largest absolute Gasteiger partial charge is 0.322 e. The Hall–Kier alpha value is -3.49. The van der Waals surface area contributed by atoms with Crippen molar-refractivity contribution in [2.24, 2.45) is 7.05 Å². The predicted octanol–water partition coefficient (Wildman–Crippen LogP) is 1.39. The zero-order valence-corrected chi connectivity index (χ0v) is 16.9. The number of amides is 4. The minimum Gasteiger partial charge on any atom is -0.322 e. The summed E-state index contributed by atoms with van der Waals surface area (Å²) in [5, 5.41) is 9.42. The van der Waals surface area contributed by atoms with Gasteiger partial charge in [0, 0.05) is 42.5 Å². The molecular formula is C21H23N5O4. The molecule has 0 saturated carbocycles. The van der Waals surface area contributed by atoms with Crippen LogP contribution in [-0.4, -0.2) is 44.4 Å². The highest BCUT2D eigenvalue weighted by molar-refractivity contribution is 6.08. The third-order valence-electron chi connectivity index (χ3n) is 5.55. The number of rotatable bonds is 5. The first kappa shape index (κ1) is 19.8. The lowest BCUT2D eigenvalue weighted by molar-refractivity contribution is -0.136. The Morgan fingerprint density at radius 2 is 2.10 bits per heavy atom. The number of anilines is 1. The SMILES string of the molecule is CCCc1cc(C(=O)Nc2cccc3c2CN(C2CCC(=O)NC2=O)C3=O)nn1C. The Bertz CT molecular complexity index is 1060. The standard InChI is InChI=1S/C21H23N5O4/c1-3-5-12-10-16(24-25(12)2)19(28)22-15-7-4-6-13-14(15)11-26(21(13)30)17-8-9-18(27)23-20(17)29/h4,6-7,10,17H,3,5,8-9,11H2,1-2H3,(H,22,28)(H,23,27,29). The van der Waals surface area contributed by atoms with Crippen molar-refractivity contribution in [3.63, 3.8) is 0 Å². The topological polar surface area (TPSA) is 113 Å². The van der Waals surface area contributed by atoms with Crippen LogP contribution in [0.25, 0.3) is 0 Å². The molecule has 1 unspecified atom stereocenters. The van der Waals surface area contributed by atoms with Gasteiger partial charge in [-0.25, -0.2) is 0 Å². The van der Waals surface area contributed by atoms with E-state index in [2.05, 4.69) is 22.7 Å². The molecule has 0 radical (unpaired) electrons. The highest BCUT2D eigenvalue weighted by atomic mass is 16.2. The number of imide groups is 1. The maximum absolute atomic E-state index is 12.9. The maximum atomic E-state index is 12.9. The van der Waals surface area contributed by atoms with Crippen LogP contribution in [0.1, 0.15) is 58.3 Å². The molecule has 4 amide bonds. The third kappa shape index (κ3) is 3.47. The zero-order valence-electron chi connectivity index (χ0n) is 16.9. The van der Waals surface area contributed by atoms with E-state index in [0.29, 0.717) is 28.9 Å². The van der Waals surface area contributed by atoms with E-state index in [1.54, 1.807) is 36.0 Å². The van der Waals surface area contributed by atoms with Crippen LogP contribution in [0.2, 0.25) is 0 Å². The number of aromatic nitrogens is 2. The molecule has 1 atom stereocenters. The first-order valence-corrected chi connectivity index (χ1v) is 10.00. The number of carbonyl (C=O) groups is 4. The smallest absolute Gasteiger partial charge is 0.276 e. The maximum Gasteiger partial charge on any atom is 0.276 e. The second-order valence-corrected chi connectivity index (χ2v) is 7.58. The first-order chi connectivity index (χ1) is 14.4. The van der Waals surface area contributed by atoms with Crippen LogP contribution in [0.3, 0.4) is 0 Å². The lowest BCUT2D eigenvalue weighted by Gasteiger charge is -2.29. The number of hydrogen-bond donors (Lipinski definition) is 2. The number of nitrogens with one attached hydrogen (secondary N) is 2. The number of benzene rings is 1. The Labute approximate surface area is 173 Å². The minimum atomic E-state index is -0.696. The molecule has 9 heteroatoms. The predicted molar refractivity (Wildman–Crippen MR) is 108 cm³/mol. The van der Waals surface area contributed by atoms with E-state index in [4.69, 9.17) is 0 Å². The molecule has 0 aliphatic carbocycles. The molecule has 1 saturated heterocycles. The average molecular weight is 409 g/mol. The fourth-order valence-electron chi connectivity index (χ4n) is 4.00. The highest BCUT2D eigenvalue weighted by Gasteiger charge is 2.40. The molecule has 30 heavy (non-hydrogen) atoms. The Balaban J connectivity index is 1.55. The van der Waals surface area contributed by atoms with Crippen LogP contribution in [0, 0.1) is 0 Å². The summed E-state index contributed by atoms with van der Waals surface area (Å²) in [6, 6.07) is 6.18. The minimum absolute atomic E-state index is 0.194. The summed E-state index contributed by atoms with van der Waals surface area (Å²) >= 11 is 0. The van der Waals surface area contributed by atoms with Gasteiger partial charge in [0.25, 0.3) is 11.8 Å². The number of aryl methyl sites for hydroxylation is 2. The number of hydrogen-bond acceptors (Lipinski definition) is 5. The van der Waals surface area contributed by atoms with Gasteiger partial charge >= 0.3 is 0 Å². The van der Waals surface area contributed by atoms with Crippen LogP contribution in [0.5, 0.6) is 0 Å². The van der Waals surface area contributed by atoms with Gasteiger partial charge in [-0.3, -0.25) is 29.2 Å². The molecule has 2 aliphatic rings. The summed E-state index contributed by atoms with van der Waals surface area (Å²) in [5.74, 6) is -1.42. The van der Waals surface area contributed by atoms with Crippen molar-refractivity contribution in [2.75, 3.05) is 5.32 Å². The number of fused-ring (bicyclic) bond motifs is 1. The summed E-state index contributed by atoms with van der Waals surface area (Å²) < 4.78 is 1.70. The van der Waals surface area contributed by atoms with Gasteiger partial charge in [0.2, 0.25) is 11.8 Å². The van der Waals surface area contributed by atoms with Gasteiger partial charge in [-0.05, 0) is 31.0 Å². The van der Waals surface area contributed by atoms with Gasteiger partial charge in [-0.15, -0.1) is 0 Å². The number of nitrogens with zero attached hydrogens (tertiary/aromatic N) is 3. The molecule has 2 aliphatic heterocycles. The van der Waals surface area contributed by atoms with Crippen molar-refractivity contribution < 1.29 is 19.2 Å². The van der Waals surface area contributed by atoms with Crippen LogP contribution in [-0.2, 0) is 29.6 Å². The van der Waals surface area contributed by atoms with E-state index >= 15 is 0 Å². The normalized spacial score (nSPS) is 18.4. The molecule has 1 aromatic heterocycles. The Kier molecular flexibility index (Phi) is 5.11. The average Bonchev–Trinajstić information content (AvgIpc) is 3.24. The Morgan fingerprint density at radius 3 is 2.83 bits per heavy atom. The van der Waals surface area contributed by atoms with E-state index in [1.807, 2.05) is 0 Å². The molecule has 4 rings (SSSR count). The lowest BCUT2D eigenvalue weighted by atomic mass is 10.0. The van der Waals surface area contributed by atoms with E-state index in [1.165, 1.54) is 4.90 Å². The van der Waals surface area contributed by atoms with Gasteiger partial charge in [0.1, 0.15) is 6.04 Å². The summed E-state index contributed by atoms with van der Waals surface area (Å²) in [5.41, 5.74) is 2.91. The molecular weight excluding hydrogens is 386 g/mol.